The summed E-state index contributed by atoms with van der Waals surface area (Å²) in [5, 5.41) is 11.0. The fourth-order valence-electron chi connectivity index (χ4n) is 4.46. The van der Waals surface area contributed by atoms with Crippen LogP contribution in [0.1, 0.15) is 27.5 Å². The highest BCUT2D eigenvalue weighted by molar-refractivity contribution is 6.00. The number of amides is 1. The van der Waals surface area contributed by atoms with E-state index in [0.717, 1.165) is 22.7 Å². The number of likely N-dealkylation sites (tertiary alicyclic amines) is 1. The summed E-state index contributed by atoms with van der Waals surface area (Å²) in [6.45, 7) is 3.00. The molecule has 4 aromatic rings. The zero-order chi connectivity index (χ0) is 23.1. The Morgan fingerprint density at radius 1 is 1.15 bits per heavy atom. The van der Waals surface area contributed by atoms with Crippen LogP contribution in [-0.2, 0) is 0 Å². The molecule has 33 heavy (non-hydrogen) atoms. The topological polar surface area (TPSA) is 86.8 Å². The molecule has 1 fully saturated rings. The maximum Gasteiger partial charge on any atom is 0.253 e. The molecule has 1 aliphatic rings. The van der Waals surface area contributed by atoms with Gasteiger partial charge in [-0.1, -0.05) is 6.07 Å². The van der Waals surface area contributed by atoms with Crippen molar-refractivity contribution in [1.82, 2.24) is 30.4 Å². The number of H-pyrrole nitrogens is 1. The average Bonchev–Trinajstić information content (AvgIpc) is 3.36. The fraction of sp³-hybridized carbons (Fsp3) is 0.250. The summed E-state index contributed by atoms with van der Waals surface area (Å²) in [5.74, 6) is -1.83. The van der Waals surface area contributed by atoms with Gasteiger partial charge in [0.05, 0.1) is 5.56 Å². The van der Waals surface area contributed by atoms with Gasteiger partial charge in [-0.05, 0) is 43.8 Å². The molecule has 1 saturated heterocycles. The van der Waals surface area contributed by atoms with Crippen molar-refractivity contribution in [2.24, 2.45) is 0 Å². The predicted octanol–water partition coefficient (Wildman–Crippen LogP) is 3.43. The Bertz CT molecular complexity index is 1350. The van der Waals surface area contributed by atoms with Crippen molar-refractivity contribution in [1.29, 1.82) is 0 Å². The quantitative estimate of drug-likeness (QED) is 0.500. The van der Waals surface area contributed by atoms with Gasteiger partial charge in [0.15, 0.2) is 5.65 Å². The molecule has 3 aromatic heterocycles. The van der Waals surface area contributed by atoms with Gasteiger partial charge in [0, 0.05) is 60.2 Å². The van der Waals surface area contributed by atoms with E-state index < -0.39 is 11.6 Å². The number of aromatic nitrogens is 4. The van der Waals surface area contributed by atoms with Crippen LogP contribution in [0.2, 0.25) is 0 Å². The molecule has 0 radical (unpaired) electrons. The van der Waals surface area contributed by atoms with Crippen molar-refractivity contribution in [3.8, 4) is 11.3 Å². The highest BCUT2D eigenvalue weighted by Gasteiger charge is 2.35. The monoisotopic (exact) mass is 448 g/mol. The van der Waals surface area contributed by atoms with Crippen LogP contribution in [0.3, 0.4) is 0 Å². The SMILES string of the molecule is Cc1cc(-c2n[nH]c3ncc(C(=O)N[C@@H]4CN(C)C[C@H]4c4ccc(F)cc4F)cc23)ccn1. The fourth-order valence-corrected chi connectivity index (χ4v) is 4.46. The minimum atomic E-state index is -0.622. The average molecular weight is 448 g/mol. The number of hydrogen-bond acceptors (Lipinski definition) is 5. The molecule has 168 valence electrons. The number of nitrogens with one attached hydrogen (secondary N) is 2. The first-order chi connectivity index (χ1) is 15.9. The Morgan fingerprint density at radius 2 is 2.00 bits per heavy atom. The second-order valence-electron chi connectivity index (χ2n) is 8.45. The van der Waals surface area contributed by atoms with E-state index in [2.05, 4.69) is 25.5 Å². The standard InChI is InChI=1S/C24H22F2N6O/c1-13-7-14(5-6-27-13)22-18-8-15(10-28-23(18)31-30-22)24(33)29-21-12-32(2)11-19(21)17-4-3-16(25)9-20(17)26/h3-10,19,21H,11-12H2,1-2H3,(H,29,33)(H,28,30,31)/t19-,21+/m0/s1. The molecule has 1 amide bonds. The number of aryl methyl sites for hydroxylation is 1. The van der Waals surface area contributed by atoms with Crippen molar-refractivity contribution < 1.29 is 13.6 Å². The number of pyridine rings is 2. The van der Waals surface area contributed by atoms with Crippen LogP contribution in [0.25, 0.3) is 22.3 Å². The lowest BCUT2D eigenvalue weighted by Crippen LogP contribution is -2.39. The van der Waals surface area contributed by atoms with Crippen LogP contribution >= 0.6 is 0 Å². The number of carbonyl (C=O) groups excluding carboxylic acids is 1. The Hall–Kier alpha value is -3.72. The number of rotatable bonds is 4. The van der Waals surface area contributed by atoms with E-state index >= 15 is 0 Å². The number of fused-ring (bicyclic) bond motifs is 1. The number of halogens is 2. The van der Waals surface area contributed by atoms with Gasteiger partial charge in [-0.2, -0.15) is 5.10 Å². The summed E-state index contributed by atoms with van der Waals surface area (Å²) < 4.78 is 27.8. The number of aromatic amines is 1. The molecular formula is C24H22F2N6O. The lowest BCUT2D eigenvalue weighted by Gasteiger charge is -2.21. The zero-order valence-corrected chi connectivity index (χ0v) is 18.1. The second kappa shape index (κ2) is 8.32. The summed E-state index contributed by atoms with van der Waals surface area (Å²) in [5.41, 5.74) is 3.76. The van der Waals surface area contributed by atoms with Crippen molar-refractivity contribution in [3.63, 3.8) is 0 Å². The van der Waals surface area contributed by atoms with E-state index in [1.807, 2.05) is 31.0 Å². The molecule has 9 heteroatoms. The lowest BCUT2D eigenvalue weighted by atomic mass is 9.93. The Balaban J connectivity index is 1.43. The molecule has 1 aliphatic heterocycles. The largest absolute Gasteiger partial charge is 0.347 e. The highest BCUT2D eigenvalue weighted by Crippen LogP contribution is 2.30. The maximum absolute atomic E-state index is 14.4. The first-order valence-corrected chi connectivity index (χ1v) is 10.6. The molecule has 0 unspecified atom stereocenters. The molecule has 1 aromatic carbocycles. The molecule has 0 spiro atoms. The van der Waals surface area contributed by atoms with Crippen LogP contribution in [0, 0.1) is 18.6 Å². The second-order valence-corrected chi connectivity index (χ2v) is 8.45. The third-order valence-corrected chi connectivity index (χ3v) is 6.03. The highest BCUT2D eigenvalue weighted by atomic mass is 19.1. The van der Waals surface area contributed by atoms with E-state index in [9.17, 15) is 13.6 Å². The lowest BCUT2D eigenvalue weighted by molar-refractivity contribution is 0.0935. The predicted molar refractivity (Wildman–Crippen MR) is 120 cm³/mol. The number of hydrogen-bond donors (Lipinski definition) is 2. The summed E-state index contributed by atoms with van der Waals surface area (Å²) in [4.78, 5) is 23.7. The third kappa shape index (κ3) is 4.07. The van der Waals surface area contributed by atoms with Crippen LogP contribution in [0.5, 0.6) is 0 Å². The molecule has 0 saturated carbocycles. The first kappa shape index (κ1) is 21.1. The van der Waals surface area contributed by atoms with E-state index in [1.165, 1.54) is 18.3 Å². The van der Waals surface area contributed by atoms with Crippen LogP contribution < -0.4 is 5.32 Å². The van der Waals surface area contributed by atoms with Crippen molar-refractivity contribution in [3.05, 3.63) is 77.2 Å². The normalized spacial score (nSPS) is 18.7. The van der Waals surface area contributed by atoms with E-state index in [1.54, 1.807) is 12.3 Å². The van der Waals surface area contributed by atoms with E-state index in [-0.39, 0.29) is 17.9 Å². The third-order valence-electron chi connectivity index (χ3n) is 6.03. The summed E-state index contributed by atoms with van der Waals surface area (Å²) in [7, 11) is 1.91. The maximum atomic E-state index is 14.4. The van der Waals surface area contributed by atoms with Gasteiger partial charge in [0.1, 0.15) is 17.3 Å². The van der Waals surface area contributed by atoms with Gasteiger partial charge < -0.3 is 10.2 Å². The summed E-state index contributed by atoms with van der Waals surface area (Å²) in [6, 6.07) is 8.77. The summed E-state index contributed by atoms with van der Waals surface area (Å²) in [6.07, 6.45) is 3.20. The molecule has 0 bridgehead atoms. The first-order valence-electron chi connectivity index (χ1n) is 10.6. The van der Waals surface area contributed by atoms with Gasteiger partial charge in [-0.3, -0.25) is 14.9 Å². The smallest absolute Gasteiger partial charge is 0.253 e. The van der Waals surface area contributed by atoms with Gasteiger partial charge in [0.25, 0.3) is 5.91 Å². The molecule has 2 atom stereocenters. The van der Waals surface area contributed by atoms with Gasteiger partial charge in [-0.15, -0.1) is 0 Å². The van der Waals surface area contributed by atoms with Gasteiger partial charge >= 0.3 is 0 Å². The van der Waals surface area contributed by atoms with E-state index in [4.69, 9.17) is 0 Å². The van der Waals surface area contributed by atoms with Crippen molar-refractivity contribution in [2.75, 3.05) is 20.1 Å². The number of benzene rings is 1. The van der Waals surface area contributed by atoms with E-state index in [0.29, 0.717) is 35.6 Å². The number of likely N-dealkylation sites (N-methyl/N-ethyl adjacent to an activating group) is 1. The summed E-state index contributed by atoms with van der Waals surface area (Å²) >= 11 is 0. The molecule has 4 heterocycles. The molecule has 5 rings (SSSR count). The molecule has 0 aliphatic carbocycles. The van der Waals surface area contributed by atoms with Crippen molar-refractivity contribution >= 4 is 16.9 Å². The van der Waals surface area contributed by atoms with Crippen LogP contribution in [0.15, 0.2) is 48.8 Å². The minimum absolute atomic E-state index is 0.291. The van der Waals surface area contributed by atoms with Crippen LogP contribution in [-0.4, -0.2) is 57.2 Å². The number of nitrogens with zero attached hydrogens (tertiary/aromatic N) is 4. The molecule has 2 N–H and O–H groups in total. The zero-order valence-electron chi connectivity index (χ0n) is 18.1. The Morgan fingerprint density at radius 3 is 2.79 bits per heavy atom. The van der Waals surface area contributed by atoms with Gasteiger partial charge in [0.2, 0.25) is 0 Å². The van der Waals surface area contributed by atoms with Crippen molar-refractivity contribution in [2.45, 2.75) is 18.9 Å². The minimum Gasteiger partial charge on any atom is -0.347 e. The Labute approximate surface area is 188 Å². The number of carbonyl (C=O) groups is 1. The molecular weight excluding hydrogens is 426 g/mol. The molecule has 7 nitrogen and oxygen atoms in total. The van der Waals surface area contributed by atoms with Crippen LogP contribution in [0.4, 0.5) is 8.78 Å². The van der Waals surface area contributed by atoms with Gasteiger partial charge in [-0.25, -0.2) is 13.8 Å². The Kier molecular flexibility index (Phi) is 5.33.